The zero-order valence-corrected chi connectivity index (χ0v) is 8.49. The van der Waals surface area contributed by atoms with Crippen LogP contribution in [-0.2, 0) is 6.54 Å². The fraction of sp³-hybridized carbons (Fsp3) is 0.545. The summed E-state index contributed by atoms with van der Waals surface area (Å²) >= 11 is 0. The van der Waals surface area contributed by atoms with E-state index in [1.54, 1.807) is 10.6 Å². The van der Waals surface area contributed by atoms with Gasteiger partial charge in [0.15, 0.2) is 0 Å². The van der Waals surface area contributed by atoms with E-state index in [-0.39, 0.29) is 5.56 Å². The van der Waals surface area contributed by atoms with E-state index in [2.05, 4.69) is 5.32 Å². The molecule has 76 valence electrons. The average Bonchev–Trinajstić information content (AvgIpc) is 2.62. The van der Waals surface area contributed by atoms with E-state index in [4.69, 9.17) is 0 Å². The summed E-state index contributed by atoms with van der Waals surface area (Å²) in [6.45, 7) is 3.84. The molecule has 2 heterocycles. The second kappa shape index (κ2) is 3.96. The maximum Gasteiger partial charge on any atom is 0.250 e. The van der Waals surface area contributed by atoms with Crippen LogP contribution in [0.3, 0.4) is 0 Å². The van der Waals surface area contributed by atoms with Gasteiger partial charge in [-0.05, 0) is 37.9 Å². The molecule has 0 spiro atoms. The molecule has 3 heteroatoms. The maximum absolute atomic E-state index is 11.6. The summed E-state index contributed by atoms with van der Waals surface area (Å²) < 4.78 is 1.79. The second-order valence-electron chi connectivity index (χ2n) is 3.99. The molecular formula is C11H16N2O. The predicted octanol–water partition coefficient (Wildman–Crippen LogP) is 0.909. The van der Waals surface area contributed by atoms with Crippen molar-refractivity contribution in [2.24, 2.45) is 0 Å². The van der Waals surface area contributed by atoms with Gasteiger partial charge in [-0.25, -0.2) is 0 Å². The summed E-state index contributed by atoms with van der Waals surface area (Å²) in [5.41, 5.74) is 1.14. The quantitative estimate of drug-likeness (QED) is 0.755. The van der Waals surface area contributed by atoms with Crippen molar-refractivity contribution in [1.29, 1.82) is 0 Å². The van der Waals surface area contributed by atoms with Gasteiger partial charge in [-0.15, -0.1) is 0 Å². The van der Waals surface area contributed by atoms with E-state index in [1.807, 2.05) is 19.2 Å². The van der Waals surface area contributed by atoms with E-state index in [1.165, 1.54) is 12.8 Å². The van der Waals surface area contributed by atoms with Gasteiger partial charge in [0.1, 0.15) is 0 Å². The van der Waals surface area contributed by atoms with E-state index in [0.29, 0.717) is 6.04 Å². The van der Waals surface area contributed by atoms with Crippen LogP contribution in [0.4, 0.5) is 0 Å². The lowest BCUT2D eigenvalue weighted by molar-refractivity contribution is 0.499. The van der Waals surface area contributed by atoms with Gasteiger partial charge in [0.25, 0.3) is 5.56 Å². The van der Waals surface area contributed by atoms with E-state index >= 15 is 0 Å². The van der Waals surface area contributed by atoms with Crippen LogP contribution in [0.2, 0.25) is 0 Å². The first kappa shape index (κ1) is 9.46. The van der Waals surface area contributed by atoms with Crippen LogP contribution >= 0.6 is 0 Å². The Hall–Kier alpha value is -1.09. The second-order valence-corrected chi connectivity index (χ2v) is 3.99. The molecule has 0 bridgehead atoms. The highest BCUT2D eigenvalue weighted by atomic mass is 16.1. The van der Waals surface area contributed by atoms with Crippen LogP contribution in [0.25, 0.3) is 0 Å². The summed E-state index contributed by atoms with van der Waals surface area (Å²) in [5, 5.41) is 3.39. The number of nitrogens with zero attached hydrogens (tertiary/aromatic N) is 1. The lowest BCUT2D eigenvalue weighted by atomic mass is 10.2. The Morgan fingerprint density at radius 1 is 1.64 bits per heavy atom. The number of rotatable bonds is 2. The first-order chi connectivity index (χ1) is 6.75. The summed E-state index contributed by atoms with van der Waals surface area (Å²) in [4.78, 5) is 11.6. The molecule has 1 N–H and O–H groups in total. The van der Waals surface area contributed by atoms with Gasteiger partial charge in [-0.3, -0.25) is 4.79 Å². The molecule has 2 rings (SSSR count). The van der Waals surface area contributed by atoms with Crippen LogP contribution in [0, 0.1) is 6.92 Å². The number of hydrogen-bond donors (Lipinski definition) is 1. The molecule has 0 radical (unpaired) electrons. The molecule has 1 fully saturated rings. The van der Waals surface area contributed by atoms with Gasteiger partial charge in [-0.2, -0.15) is 0 Å². The number of aromatic nitrogens is 1. The number of pyridine rings is 1. The summed E-state index contributed by atoms with van der Waals surface area (Å²) in [6.07, 6.45) is 4.29. The highest BCUT2D eigenvalue weighted by Crippen LogP contribution is 2.06. The van der Waals surface area contributed by atoms with Crippen molar-refractivity contribution in [3.63, 3.8) is 0 Å². The minimum absolute atomic E-state index is 0.110. The molecule has 1 aliphatic rings. The normalized spacial score (nSPS) is 21.4. The minimum Gasteiger partial charge on any atom is -0.314 e. The van der Waals surface area contributed by atoms with E-state index < -0.39 is 0 Å². The Balaban J connectivity index is 2.12. The molecule has 0 unspecified atom stereocenters. The largest absolute Gasteiger partial charge is 0.314 e. The highest BCUT2D eigenvalue weighted by molar-refractivity contribution is 5.08. The molecule has 1 saturated heterocycles. The van der Waals surface area contributed by atoms with Gasteiger partial charge in [0.2, 0.25) is 0 Å². The average molecular weight is 192 g/mol. The van der Waals surface area contributed by atoms with Gasteiger partial charge in [0, 0.05) is 24.8 Å². The van der Waals surface area contributed by atoms with Crippen LogP contribution < -0.4 is 10.9 Å². The molecule has 0 aliphatic carbocycles. The Morgan fingerprint density at radius 2 is 2.50 bits per heavy atom. The summed E-state index contributed by atoms with van der Waals surface area (Å²) in [6, 6.07) is 4.15. The van der Waals surface area contributed by atoms with Crippen molar-refractivity contribution >= 4 is 0 Å². The smallest absolute Gasteiger partial charge is 0.250 e. The van der Waals surface area contributed by atoms with Crippen LogP contribution in [-0.4, -0.2) is 17.2 Å². The third-order valence-corrected chi connectivity index (χ3v) is 2.73. The van der Waals surface area contributed by atoms with Crippen molar-refractivity contribution in [2.75, 3.05) is 6.54 Å². The molecule has 0 aromatic carbocycles. The Kier molecular flexibility index (Phi) is 2.68. The van der Waals surface area contributed by atoms with Crippen molar-refractivity contribution in [3.05, 3.63) is 34.2 Å². The summed E-state index contributed by atoms with van der Waals surface area (Å²) in [7, 11) is 0. The molecule has 1 atom stereocenters. The van der Waals surface area contributed by atoms with Crippen molar-refractivity contribution in [3.8, 4) is 0 Å². The zero-order valence-electron chi connectivity index (χ0n) is 8.49. The first-order valence-corrected chi connectivity index (χ1v) is 5.16. The third-order valence-electron chi connectivity index (χ3n) is 2.73. The molecule has 1 aromatic rings. The fourth-order valence-corrected chi connectivity index (χ4v) is 1.91. The molecule has 3 nitrogen and oxygen atoms in total. The zero-order chi connectivity index (χ0) is 9.97. The van der Waals surface area contributed by atoms with Crippen LogP contribution in [0.1, 0.15) is 18.4 Å². The molecule has 0 amide bonds. The maximum atomic E-state index is 11.6. The molecule has 14 heavy (non-hydrogen) atoms. The SMILES string of the molecule is Cc1ccn(C[C@H]2CCCN2)c(=O)c1. The standard InChI is InChI=1S/C11H16N2O/c1-9-4-6-13(11(14)7-9)8-10-3-2-5-12-10/h4,6-7,10,12H,2-3,5,8H2,1H3/t10-/m1/s1. The summed E-state index contributed by atoms with van der Waals surface area (Å²) in [5.74, 6) is 0. The third kappa shape index (κ3) is 2.04. The van der Waals surface area contributed by atoms with Gasteiger partial charge >= 0.3 is 0 Å². The van der Waals surface area contributed by atoms with Crippen molar-refractivity contribution in [2.45, 2.75) is 32.4 Å². The molecular weight excluding hydrogens is 176 g/mol. The molecule has 1 aromatic heterocycles. The van der Waals surface area contributed by atoms with Crippen molar-refractivity contribution < 1.29 is 0 Å². The minimum atomic E-state index is 0.110. The van der Waals surface area contributed by atoms with Crippen LogP contribution in [0.15, 0.2) is 23.1 Å². The monoisotopic (exact) mass is 192 g/mol. The molecule has 0 saturated carbocycles. The van der Waals surface area contributed by atoms with Gasteiger partial charge < -0.3 is 9.88 Å². The van der Waals surface area contributed by atoms with E-state index in [9.17, 15) is 4.79 Å². The number of hydrogen-bond acceptors (Lipinski definition) is 2. The highest BCUT2D eigenvalue weighted by Gasteiger charge is 2.14. The van der Waals surface area contributed by atoms with Gasteiger partial charge in [0.05, 0.1) is 0 Å². The van der Waals surface area contributed by atoms with Crippen molar-refractivity contribution in [1.82, 2.24) is 9.88 Å². The predicted molar refractivity (Wildman–Crippen MR) is 56.5 cm³/mol. The lowest BCUT2D eigenvalue weighted by Crippen LogP contribution is -2.31. The fourth-order valence-electron chi connectivity index (χ4n) is 1.91. The number of nitrogens with one attached hydrogen (secondary N) is 1. The number of aryl methyl sites for hydroxylation is 1. The van der Waals surface area contributed by atoms with Crippen LogP contribution in [0.5, 0.6) is 0 Å². The Bertz CT molecular complexity index is 364. The van der Waals surface area contributed by atoms with Gasteiger partial charge in [-0.1, -0.05) is 0 Å². The Morgan fingerprint density at radius 3 is 3.14 bits per heavy atom. The van der Waals surface area contributed by atoms with E-state index in [0.717, 1.165) is 18.7 Å². The lowest BCUT2D eigenvalue weighted by Gasteiger charge is -2.12. The molecule has 1 aliphatic heterocycles. The Labute approximate surface area is 83.8 Å². The first-order valence-electron chi connectivity index (χ1n) is 5.16. The topological polar surface area (TPSA) is 34.0 Å².